The molecule has 45 heavy (non-hydrogen) atoms. The van der Waals surface area contributed by atoms with E-state index in [0.29, 0.717) is 22.7 Å². The first-order valence-electron chi connectivity index (χ1n) is 13.9. The average Bonchev–Trinajstić information content (AvgIpc) is 3.07. The van der Waals surface area contributed by atoms with E-state index in [1.165, 1.54) is 38.6 Å². The van der Waals surface area contributed by atoms with E-state index in [1.54, 1.807) is 54.6 Å². The third-order valence-electron chi connectivity index (χ3n) is 6.60. The lowest BCUT2D eigenvalue weighted by Crippen LogP contribution is -2.39. The summed E-state index contributed by atoms with van der Waals surface area (Å²) in [5.41, 5.74) is 4.31. The maximum Gasteiger partial charge on any atom is 0.264 e. The maximum atomic E-state index is 13.7. The lowest BCUT2D eigenvalue weighted by molar-refractivity contribution is -0.123. The summed E-state index contributed by atoms with van der Waals surface area (Å²) < 4.78 is 44.3. The third kappa shape index (κ3) is 8.83. The molecule has 1 atom stereocenters. The van der Waals surface area contributed by atoms with Crippen LogP contribution in [0.1, 0.15) is 24.1 Å². The summed E-state index contributed by atoms with van der Waals surface area (Å²) in [6.07, 6.45) is 1.41. The van der Waals surface area contributed by atoms with Crippen molar-refractivity contribution in [1.82, 2.24) is 10.7 Å². The van der Waals surface area contributed by atoms with Gasteiger partial charge in [0.15, 0.2) is 18.1 Å². The van der Waals surface area contributed by atoms with Crippen LogP contribution in [0, 0.1) is 0 Å². The van der Waals surface area contributed by atoms with Crippen LogP contribution in [0.2, 0.25) is 0 Å². The van der Waals surface area contributed by atoms with Crippen molar-refractivity contribution in [2.75, 3.05) is 31.7 Å². The molecule has 0 radical (unpaired) electrons. The van der Waals surface area contributed by atoms with Gasteiger partial charge < -0.3 is 19.5 Å². The van der Waals surface area contributed by atoms with Crippen molar-refractivity contribution in [3.8, 4) is 17.2 Å². The molecule has 4 aromatic carbocycles. The molecule has 12 heteroatoms. The molecule has 0 aromatic heterocycles. The molecule has 11 nitrogen and oxygen atoms in total. The van der Waals surface area contributed by atoms with Gasteiger partial charge in [0, 0.05) is 6.07 Å². The number of hydrazone groups is 1. The minimum absolute atomic E-state index is 0.0780. The number of methoxy groups -OCH3 is 2. The number of carbonyl (C=O) groups excluding carboxylic acids is 2. The fourth-order valence-electron chi connectivity index (χ4n) is 4.27. The van der Waals surface area contributed by atoms with Crippen LogP contribution < -0.4 is 29.3 Å². The second-order valence-corrected chi connectivity index (χ2v) is 11.6. The summed E-state index contributed by atoms with van der Waals surface area (Å²) in [5.74, 6) is 0.177. The molecule has 4 rings (SSSR count). The van der Waals surface area contributed by atoms with Crippen LogP contribution in [0.4, 0.5) is 5.69 Å². The number of ether oxygens (including phenoxy) is 3. The predicted molar refractivity (Wildman–Crippen MR) is 171 cm³/mol. The summed E-state index contributed by atoms with van der Waals surface area (Å²) in [6, 6.07) is 28.7. The van der Waals surface area contributed by atoms with Gasteiger partial charge in [-0.05, 0) is 66.6 Å². The van der Waals surface area contributed by atoms with E-state index < -0.39 is 22.5 Å². The Kier molecular flexibility index (Phi) is 11.1. The summed E-state index contributed by atoms with van der Waals surface area (Å²) in [4.78, 5) is 25.1. The first-order chi connectivity index (χ1) is 21.7. The standard InChI is InChI=1S/C33H34N4O7S/c1-24(26-10-6-4-7-11-26)35-33(39)23-44-28-16-14-25(15-17-28)21-34-36-32(38)22-37(27-12-8-5-9-13-27)45(40,41)29-18-19-30(42-2)31(20-29)43-3/h4-21,24H,22-23H2,1-3H3,(H,35,39)(H,36,38)/b34-21-/t24-/m1/s1. The topological polar surface area (TPSA) is 136 Å². The molecule has 0 saturated carbocycles. The summed E-state index contributed by atoms with van der Waals surface area (Å²) in [6.45, 7) is 1.22. The number of hydrogen-bond acceptors (Lipinski definition) is 8. The Morgan fingerprint density at radius 3 is 2.13 bits per heavy atom. The van der Waals surface area contributed by atoms with Crippen LogP contribution in [0.3, 0.4) is 0 Å². The second kappa shape index (κ2) is 15.4. The van der Waals surface area contributed by atoms with Crippen LogP contribution in [0.15, 0.2) is 113 Å². The molecule has 2 N–H and O–H groups in total. The van der Waals surface area contributed by atoms with Gasteiger partial charge in [0.05, 0.1) is 37.1 Å². The Labute approximate surface area is 262 Å². The van der Waals surface area contributed by atoms with Gasteiger partial charge in [0.2, 0.25) is 0 Å². The van der Waals surface area contributed by atoms with E-state index in [4.69, 9.17) is 14.2 Å². The highest BCUT2D eigenvalue weighted by atomic mass is 32.2. The first kappa shape index (κ1) is 32.6. The molecule has 0 heterocycles. The van der Waals surface area contributed by atoms with Crippen LogP contribution in [-0.2, 0) is 19.6 Å². The van der Waals surface area contributed by atoms with Crippen LogP contribution in [0.5, 0.6) is 17.2 Å². The number of para-hydroxylation sites is 1. The summed E-state index contributed by atoms with van der Waals surface area (Å²) in [5, 5.41) is 6.86. The van der Waals surface area contributed by atoms with Gasteiger partial charge in [-0.15, -0.1) is 0 Å². The lowest BCUT2D eigenvalue weighted by atomic mass is 10.1. The molecule has 0 aliphatic heterocycles. The van der Waals surface area contributed by atoms with Crippen LogP contribution >= 0.6 is 0 Å². The molecule has 0 fully saturated rings. The summed E-state index contributed by atoms with van der Waals surface area (Å²) in [7, 11) is -1.32. The van der Waals surface area contributed by atoms with Gasteiger partial charge in [0.25, 0.3) is 21.8 Å². The SMILES string of the molecule is COc1ccc(S(=O)(=O)N(CC(=O)N/N=C\c2ccc(OCC(=O)N[C@H](C)c3ccccc3)cc2)c2ccccc2)cc1OC. The number of hydrogen-bond donors (Lipinski definition) is 2. The van der Waals surface area contributed by atoms with Crippen molar-refractivity contribution in [3.05, 3.63) is 114 Å². The monoisotopic (exact) mass is 630 g/mol. The van der Waals surface area contributed by atoms with Crippen molar-refractivity contribution in [1.29, 1.82) is 0 Å². The molecule has 0 spiro atoms. The first-order valence-corrected chi connectivity index (χ1v) is 15.3. The van der Waals surface area contributed by atoms with Gasteiger partial charge in [-0.3, -0.25) is 13.9 Å². The van der Waals surface area contributed by atoms with E-state index in [1.807, 2.05) is 37.3 Å². The second-order valence-electron chi connectivity index (χ2n) is 9.71. The number of nitrogens with zero attached hydrogens (tertiary/aromatic N) is 2. The Morgan fingerprint density at radius 2 is 1.49 bits per heavy atom. The zero-order chi connectivity index (χ0) is 32.2. The van der Waals surface area contributed by atoms with Gasteiger partial charge in [-0.1, -0.05) is 48.5 Å². The van der Waals surface area contributed by atoms with Gasteiger partial charge in [-0.25, -0.2) is 13.8 Å². The molecular formula is C33H34N4O7S. The van der Waals surface area contributed by atoms with E-state index in [0.717, 1.165) is 9.87 Å². The van der Waals surface area contributed by atoms with Crippen LogP contribution in [-0.4, -0.2) is 53.8 Å². The van der Waals surface area contributed by atoms with E-state index >= 15 is 0 Å². The van der Waals surface area contributed by atoms with Crippen molar-refractivity contribution in [2.24, 2.45) is 5.10 Å². The Hall–Kier alpha value is -5.36. The minimum Gasteiger partial charge on any atom is -0.493 e. The Balaban J connectivity index is 1.35. The number of rotatable bonds is 14. The number of amides is 2. The molecule has 2 amide bonds. The Morgan fingerprint density at radius 1 is 0.844 bits per heavy atom. The molecule has 4 aromatic rings. The molecule has 0 saturated heterocycles. The average molecular weight is 631 g/mol. The fourth-order valence-corrected chi connectivity index (χ4v) is 5.70. The van der Waals surface area contributed by atoms with Crippen LogP contribution in [0.25, 0.3) is 0 Å². The maximum absolute atomic E-state index is 13.7. The Bertz CT molecular complexity index is 1720. The molecule has 0 aliphatic carbocycles. The summed E-state index contributed by atoms with van der Waals surface area (Å²) >= 11 is 0. The third-order valence-corrected chi connectivity index (χ3v) is 8.37. The number of benzene rings is 4. The van der Waals surface area contributed by atoms with Crippen molar-refractivity contribution in [3.63, 3.8) is 0 Å². The minimum atomic E-state index is -4.18. The van der Waals surface area contributed by atoms with E-state index in [2.05, 4.69) is 15.8 Å². The molecule has 0 unspecified atom stereocenters. The smallest absolute Gasteiger partial charge is 0.264 e. The van der Waals surface area contributed by atoms with E-state index in [9.17, 15) is 18.0 Å². The molecule has 234 valence electrons. The fraction of sp³-hybridized carbons (Fsp3) is 0.182. The normalized spacial score (nSPS) is 11.8. The highest BCUT2D eigenvalue weighted by Crippen LogP contribution is 2.32. The largest absolute Gasteiger partial charge is 0.493 e. The van der Waals surface area contributed by atoms with Gasteiger partial charge in [0.1, 0.15) is 12.3 Å². The lowest BCUT2D eigenvalue weighted by Gasteiger charge is -2.24. The van der Waals surface area contributed by atoms with Crippen molar-refractivity contribution >= 4 is 33.7 Å². The molecule has 0 aliphatic rings. The van der Waals surface area contributed by atoms with Gasteiger partial charge >= 0.3 is 0 Å². The number of anilines is 1. The van der Waals surface area contributed by atoms with Crippen molar-refractivity contribution in [2.45, 2.75) is 17.9 Å². The highest BCUT2D eigenvalue weighted by molar-refractivity contribution is 7.92. The number of sulfonamides is 1. The van der Waals surface area contributed by atoms with Crippen molar-refractivity contribution < 1.29 is 32.2 Å². The van der Waals surface area contributed by atoms with E-state index in [-0.39, 0.29) is 29.2 Å². The zero-order valence-corrected chi connectivity index (χ0v) is 25.9. The quantitative estimate of drug-likeness (QED) is 0.157. The zero-order valence-electron chi connectivity index (χ0n) is 25.0. The number of nitrogens with one attached hydrogen (secondary N) is 2. The molecular weight excluding hydrogens is 596 g/mol. The molecule has 0 bridgehead atoms. The van der Waals surface area contributed by atoms with Gasteiger partial charge in [-0.2, -0.15) is 5.10 Å². The highest BCUT2D eigenvalue weighted by Gasteiger charge is 2.28. The predicted octanol–water partition coefficient (Wildman–Crippen LogP) is 4.31. The number of carbonyl (C=O) groups is 2.